The van der Waals surface area contributed by atoms with Crippen LogP contribution in [0.2, 0.25) is 0 Å². The van der Waals surface area contributed by atoms with Gasteiger partial charge in [0.2, 0.25) is 5.91 Å². The number of carbonyl (C=O) groups excluding carboxylic acids is 1. The molecule has 0 aliphatic rings. The predicted octanol–water partition coefficient (Wildman–Crippen LogP) is 2.60. The molecule has 2 aromatic heterocycles. The van der Waals surface area contributed by atoms with Crippen LogP contribution in [-0.2, 0) is 4.79 Å². The maximum absolute atomic E-state index is 11.9. The van der Waals surface area contributed by atoms with E-state index in [0.717, 1.165) is 21.2 Å². The number of halogens is 1. The number of carbonyl (C=O) groups is 1. The normalized spacial score (nSPS) is 10.9. The lowest BCUT2D eigenvalue weighted by atomic mass is 10.2. The smallest absolute Gasteiger partial charge is 0.239 e. The van der Waals surface area contributed by atoms with Crippen LogP contribution in [0.25, 0.3) is 11.0 Å². The molecule has 0 fully saturated rings. The van der Waals surface area contributed by atoms with Crippen molar-refractivity contribution < 1.29 is 4.79 Å². The molecule has 0 bridgehead atoms. The zero-order chi connectivity index (χ0) is 15.4. The predicted molar refractivity (Wildman–Crippen MR) is 88.4 cm³/mol. The zero-order valence-electron chi connectivity index (χ0n) is 12.4. The van der Waals surface area contributed by atoms with Crippen molar-refractivity contribution in [3.8, 4) is 0 Å². The summed E-state index contributed by atoms with van der Waals surface area (Å²) in [7, 11) is 1.88. The molecule has 0 aliphatic carbocycles. The van der Waals surface area contributed by atoms with Crippen molar-refractivity contribution in [2.75, 3.05) is 25.0 Å². The number of pyridine rings is 2. The SMILES string of the molecule is CC(C)CNC(=O)CN(C)c1ccnc2cc(Br)cnc12. The highest BCUT2D eigenvalue weighted by molar-refractivity contribution is 9.10. The summed E-state index contributed by atoms with van der Waals surface area (Å²) in [5, 5.41) is 2.92. The molecule has 0 radical (unpaired) electrons. The third-order valence-electron chi connectivity index (χ3n) is 3.02. The van der Waals surface area contributed by atoms with Crippen molar-refractivity contribution >= 4 is 38.6 Å². The van der Waals surface area contributed by atoms with Gasteiger partial charge in [-0.1, -0.05) is 13.8 Å². The van der Waals surface area contributed by atoms with Gasteiger partial charge in [0.1, 0.15) is 5.52 Å². The molecule has 0 spiro atoms. The van der Waals surface area contributed by atoms with Gasteiger partial charge in [-0.15, -0.1) is 0 Å². The quantitative estimate of drug-likeness (QED) is 0.900. The van der Waals surface area contributed by atoms with E-state index in [9.17, 15) is 4.79 Å². The third kappa shape index (κ3) is 4.14. The summed E-state index contributed by atoms with van der Waals surface area (Å²) < 4.78 is 0.886. The van der Waals surface area contributed by atoms with Crippen LogP contribution >= 0.6 is 15.9 Å². The van der Waals surface area contributed by atoms with Crippen LogP contribution in [0.5, 0.6) is 0 Å². The maximum atomic E-state index is 11.9. The van der Waals surface area contributed by atoms with E-state index in [0.29, 0.717) is 19.0 Å². The average molecular weight is 351 g/mol. The summed E-state index contributed by atoms with van der Waals surface area (Å²) >= 11 is 3.39. The van der Waals surface area contributed by atoms with E-state index in [1.807, 2.05) is 24.1 Å². The van der Waals surface area contributed by atoms with E-state index >= 15 is 0 Å². The maximum Gasteiger partial charge on any atom is 0.239 e. The summed E-state index contributed by atoms with van der Waals surface area (Å²) in [6, 6.07) is 3.79. The molecule has 0 unspecified atom stereocenters. The van der Waals surface area contributed by atoms with E-state index in [-0.39, 0.29) is 5.91 Å². The molecule has 5 nitrogen and oxygen atoms in total. The van der Waals surface area contributed by atoms with Gasteiger partial charge >= 0.3 is 0 Å². The minimum atomic E-state index is 0.00766. The molecule has 1 amide bonds. The highest BCUT2D eigenvalue weighted by atomic mass is 79.9. The molecule has 112 valence electrons. The number of rotatable bonds is 5. The summed E-state index contributed by atoms with van der Waals surface area (Å²) in [5.74, 6) is 0.452. The number of anilines is 1. The number of fused-ring (bicyclic) bond motifs is 1. The Morgan fingerprint density at radius 2 is 2.19 bits per heavy atom. The van der Waals surface area contributed by atoms with Gasteiger partial charge in [0.15, 0.2) is 0 Å². The van der Waals surface area contributed by atoms with Gasteiger partial charge in [-0.2, -0.15) is 0 Å². The average Bonchev–Trinajstić information content (AvgIpc) is 2.44. The lowest BCUT2D eigenvalue weighted by Gasteiger charge is -2.20. The molecule has 0 saturated carbocycles. The number of aromatic nitrogens is 2. The van der Waals surface area contributed by atoms with Gasteiger partial charge < -0.3 is 10.2 Å². The van der Waals surface area contributed by atoms with E-state index < -0.39 is 0 Å². The molecular weight excluding hydrogens is 332 g/mol. The molecule has 2 heterocycles. The van der Waals surface area contributed by atoms with Crippen molar-refractivity contribution in [2.45, 2.75) is 13.8 Å². The molecule has 0 aromatic carbocycles. The Hall–Kier alpha value is -1.69. The second kappa shape index (κ2) is 6.85. The van der Waals surface area contributed by atoms with Crippen LogP contribution < -0.4 is 10.2 Å². The number of nitrogens with one attached hydrogen (secondary N) is 1. The second-order valence-electron chi connectivity index (χ2n) is 5.41. The number of amides is 1. The highest BCUT2D eigenvalue weighted by Crippen LogP contribution is 2.24. The molecule has 1 N–H and O–H groups in total. The Morgan fingerprint density at radius 3 is 2.90 bits per heavy atom. The number of likely N-dealkylation sites (N-methyl/N-ethyl adjacent to an activating group) is 1. The molecule has 21 heavy (non-hydrogen) atoms. The minimum Gasteiger partial charge on any atom is -0.363 e. The number of nitrogens with zero attached hydrogens (tertiary/aromatic N) is 3. The molecule has 2 aromatic rings. The van der Waals surface area contributed by atoms with Crippen molar-refractivity contribution in [3.63, 3.8) is 0 Å². The van der Waals surface area contributed by atoms with Crippen molar-refractivity contribution in [1.29, 1.82) is 0 Å². The van der Waals surface area contributed by atoms with Gasteiger partial charge in [0, 0.05) is 30.5 Å². The monoisotopic (exact) mass is 350 g/mol. The first-order chi connectivity index (χ1) is 9.97. The van der Waals surface area contributed by atoms with Crippen LogP contribution in [-0.4, -0.2) is 36.0 Å². The van der Waals surface area contributed by atoms with Crippen LogP contribution in [0.3, 0.4) is 0 Å². The Bertz CT molecular complexity index is 645. The van der Waals surface area contributed by atoms with Crippen LogP contribution in [0.1, 0.15) is 13.8 Å². The first-order valence-corrected chi connectivity index (χ1v) is 7.64. The van der Waals surface area contributed by atoms with Gasteiger partial charge in [0.25, 0.3) is 0 Å². The van der Waals surface area contributed by atoms with E-state index in [2.05, 4.69) is 45.1 Å². The Labute approximate surface area is 132 Å². The first kappa shape index (κ1) is 15.7. The van der Waals surface area contributed by atoms with Crippen molar-refractivity contribution in [3.05, 3.63) is 29.0 Å². The van der Waals surface area contributed by atoms with Gasteiger partial charge in [-0.05, 0) is 34.0 Å². The van der Waals surface area contributed by atoms with Crippen molar-refractivity contribution in [2.24, 2.45) is 5.92 Å². The molecule has 2 rings (SSSR count). The number of hydrogen-bond donors (Lipinski definition) is 1. The fraction of sp³-hybridized carbons (Fsp3) is 0.400. The summed E-state index contributed by atoms with van der Waals surface area (Å²) in [6.07, 6.45) is 3.47. The van der Waals surface area contributed by atoms with E-state index in [1.165, 1.54) is 0 Å². The van der Waals surface area contributed by atoms with Gasteiger partial charge in [0.05, 0.1) is 17.7 Å². The van der Waals surface area contributed by atoms with Crippen molar-refractivity contribution in [1.82, 2.24) is 15.3 Å². The standard InChI is InChI=1S/C15H19BrN4O/c1-10(2)7-18-14(21)9-20(3)13-4-5-17-12-6-11(16)8-19-15(12)13/h4-6,8,10H,7,9H2,1-3H3,(H,18,21). The Kier molecular flexibility index (Phi) is 5.12. The zero-order valence-corrected chi connectivity index (χ0v) is 14.0. The number of hydrogen-bond acceptors (Lipinski definition) is 4. The molecule has 0 aliphatic heterocycles. The van der Waals surface area contributed by atoms with Crippen LogP contribution in [0, 0.1) is 5.92 Å². The summed E-state index contributed by atoms with van der Waals surface area (Å²) in [6.45, 7) is 5.13. The summed E-state index contributed by atoms with van der Waals surface area (Å²) in [5.41, 5.74) is 2.49. The fourth-order valence-corrected chi connectivity index (χ4v) is 2.29. The third-order valence-corrected chi connectivity index (χ3v) is 3.46. The van der Waals surface area contributed by atoms with E-state index in [1.54, 1.807) is 12.4 Å². The molecule has 6 heteroatoms. The molecule has 0 atom stereocenters. The first-order valence-electron chi connectivity index (χ1n) is 6.85. The van der Waals surface area contributed by atoms with Crippen LogP contribution in [0.15, 0.2) is 29.0 Å². The minimum absolute atomic E-state index is 0.00766. The van der Waals surface area contributed by atoms with Gasteiger partial charge in [-0.3, -0.25) is 14.8 Å². The lowest BCUT2D eigenvalue weighted by molar-refractivity contribution is -0.119. The highest BCUT2D eigenvalue weighted by Gasteiger charge is 2.12. The second-order valence-corrected chi connectivity index (χ2v) is 6.32. The Morgan fingerprint density at radius 1 is 1.43 bits per heavy atom. The summed E-state index contributed by atoms with van der Waals surface area (Å²) in [4.78, 5) is 22.5. The lowest BCUT2D eigenvalue weighted by Crippen LogP contribution is -2.37. The Balaban J connectivity index is 2.16. The van der Waals surface area contributed by atoms with E-state index in [4.69, 9.17) is 0 Å². The molecule has 0 saturated heterocycles. The van der Waals surface area contributed by atoms with Gasteiger partial charge in [-0.25, -0.2) is 0 Å². The molecular formula is C15H19BrN4O. The fourth-order valence-electron chi connectivity index (χ4n) is 1.97. The largest absolute Gasteiger partial charge is 0.363 e. The van der Waals surface area contributed by atoms with Crippen LogP contribution in [0.4, 0.5) is 5.69 Å². The topological polar surface area (TPSA) is 58.1 Å².